The lowest BCUT2D eigenvalue weighted by Gasteiger charge is -2.08. The number of nitrogens with zero attached hydrogens (tertiary/aromatic N) is 5. The van der Waals surface area contributed by atoms with Gasteiger partial charge in [0.2, 0.25) is 0 Å². The van der Waals surface area contributed by atoms with E-state index in [1.165, 1.54) is 11.1 Å². The maximum absolute atomic E-state index is 5.58. The SMILES string of the molecule is COc1cnccc1-c1ccc2nnc(Cc3ccc4c(c3)CCO4)n2n1. The van der Waals surface area contributed by atoms with E-state index in [4.69, 9.17) is 14.6 Å². The normalized spacial score (nSPS) is 12.8. The van der Waals surface area contributed by atoms with E-state index in [2.05, 4.69) is 27.3 Å². The zero-order chi connectivity index (χ0) is 18.2. The maximum Gasteiger partial charge on any atom is 0.177 e. The highest BCUT2D eigenvalue weighted by molar-refractivity contribution is 5.66. The Morgan fingerprint density at radius 3 is 3.04 bits per heavy atom. The van der Waals surface area contributed by atoms with Gasteiger partial charge in [0.15, 0.2) is 11.5 Å². The summed E-state index contributed by atoms with van der Waals surface area (Å²) in [6.45, 7) is 0.755. The Morgan fingerprint density at radius 2 is 2.11 bits per heavy atom. The first-order chi connectivity index (χ1) is 13.3. The van der Waals surface area contributed by atoms with Crippen molar-refractivity contribution in [2.75, 3.05) is 13.7 Å². The summed E-state index contributed by atoms with van der Waals surface area (Å²) in [5.74, 6) is 2.45. The van der Waals surface area contributed by atoms with Crippen LogP contribution in [0.5, 0.6) is 11.5 Å². The van der Waals surface area contributed by atoms with Gasteiger partial charge in [0, 0.05) is 24.6 Å². The van der Waals surface area contributed by atoms with Crippen molar-refractivity contribution in [1.29, 1.82) is 0 Å². The Balaban J connectivity index is 1.54. The molecule has 0 radical (unpaired) electrons. The number of hydrogen-bond acceptors (Lipinski definition) is 6. The van der Waals surface area contributed by atoms with E-state index in [1.807, 2.05) is 24.3 Å². The molecule has 7 nitrogen and oxygen atoms in total. The molecular formula is C20H17N5O2. The lowest BCUT2D eigenvalue weighted by Crippen LogP contribution is -2.02. The van der Waals surface area contributed by atoms with Gasteiger partial charge in [0.1, 0.15) is 11.5 Å². The molecule has 3 aromatic heterocycles. The number of benzene rings is 1. The maximum atomic E-state index is 5.58. The van der Waals surface area contributed by atoms with Gasteiger partial charge < -0.3 is 9.47 Å². The Bertz CT molecular complexity index is 1140. The molecule has 0 aliphatic carbocycles. The molecule has 0 spiro atoms. The molecule has 7 heteroatoms. The van der Waals surface area contributed by atoms with Crippen LogP contribution in [-0.4, -0.2) is 38.5 Å². The number of rotatable bonds is 4. The van der Waals surface area contributed by atoms with Gasteiger partial charge in [-0.15, -0.1) is 10.2 Å². The first-order valence-corrected chi connectivity index (χ1v) is 8.76. The fourth-order valence-corrected chi connectivity index (χ4v) is 3.37. The number of aromatic nitrogens is 5. The van der Waals surface area contributed by atoms with E-state index < -0.39 is 0 Å². The molecule has 27 heavy (non-hydrogen) atoms. The molecule has 1 aliphatic heterocycles. The number of pyridine rings is 1. The molecule has 0 unspecified atom stereocenters. The van der Waals surface area contributed by atoms with Gasteiger partial charge in [-0.1, -0.05) is 12.1 Å². The van der Waals surface area contributed by atoms with Crippen LogP contribution < -0.4 is 9.47 Å². The minimum atomic E-state index is 0.651. The Hall–Kier alpha value is -3.48. The lowest BCUT2D eigenvalue weighted by atomic mass is 10.1. The number of hydrogen-bond donors (Lipinski definition) is 0. The summed E-state index contributed by atoms with van der Waals surface area (Å²) in [5.41, 5.74) is 4.79. The quantitative estimate of drug-likeness (QED) is 0.558. The van der Waals surface area contributed by atoms with Gasteiger partial charge in [-0.2, -0.15) is 9.61 Å². The van der Waals surface area contributed by atoms with Crippen molar-refractivity contribution in [2.24, 2.45) is 0 Å². The number of ether oxygens (including phenoxy) is 2. The smallest absolute Gasteiger partial charge is 0.177 e. The minimum absolute atomic E-state index is 0.651. The summed E-state index contributed by atoms with van der Waals surface area (Å²) in [6, 6.07) is 12.0. The third-order valence-corrected chi connectivity index (χ3v) is 4.72. The monoisotopic (exact) mass is 359 g/mol. The van der Waals surface area contributed by atoms with Crippen LogP contribution in [0.15, 0.2) is 48.8 Å². The van der Waals surface area contributed by atoms with Crippen LogP contribution in [0.3, 0.4) is 0 Å². The fourth-order valence-electron chi connectivity index (χ4n) is 3.37. The topological polar surface area (TPSA) is 74.4 Å². The summed E-state index contributed by atoms with van der Waals surface area (Å²) in [6.07, 6.45) is 5.01. The van der Waals surface area contributed by atoms with Gasteiger partial charge >= 0.3 is 0 Å². The van der Waals surface area contributed by atoms with E-state index in [9.17, 15) is 0 Å². The van der Waals surface area contributed by atoms with Crippen LogP contribution in [0.2, 0.25) is 0 Å². The summed E-state index contributed by atoms with van der Waals surface area (Å²) >= 11 is 0. The third-order valence-electron chi connectivity index (χ3n) is 4.72. The highest BCUT2D eigenvalue weighted by Gasteiger charge is 2.15. The second-order valence-corrected chi connectivity index (χ2v) is 6.40. The molecule has 0 saturated carbocycles. The highest BCUT2D eigenvalue weighted by atomic mass is 16.5. The minimum Gasteiger partial charge on any atom is -0.494 e. The van der Waals surface area contributed by atoms with Crippen molar-refractivity contribution in [1.82, 2.24) is 24.8 Å². The Kier molecular flexibility index (Phi) is 3.71. The fraction of sp³-hybridized carbons (Fsp3) is 0.200. The predicted molar refractivity (Wildman–Crippen MR) is 99.0 cm³/mol. The van der Waals surface area contributed by atoms with Crippen molar-refractivity contribution in [3.05, 3.63) is 65.7 Å². The number of fused-ring (bicyclic) bond motifs is 2. The highest BCUT2D eigenvalue weighted by Crippen LogP contribution is 2.28. The predicted octanol–water partition coefficient (Wildman–Crippen LogP) is 2.72. The van der Waals surface area contributed by atoms with Crippen LogP contribution >= 0.6 is 0 Å². The molecule has 5 rings (SSSR count). The second-order valence-electron chi connectivity index (χ2n) is 6.40. The average Bonchev–Trinajstić information content (AvgIpc) is 3.34. The van der Waals surface area contributed by atoms with Crippen molar-refractivity contribution in [2.45, 2.75) is 12.8 Å². The number of methoxy groups -OCH3 is 1. The van der Waals surface area contributed by atoms with Crippen LogP contribution in [0, 0.1) is 0 Å². The summed E-state index contributed by atoms with van der Waals surface area (Å²) < 4.78 is 12.8. The molecular weight excluding hydrogens is 342 g/mol. The molecule has 0 amide bonds. The van der Waals surface area contributed by atoms with Gasteiger partial charge in [-0.25, -0.2) is 0 Å². The van der Waals surface area contributed by atoms with Crippen LogP contribution in [0.4, 0.5) is 0 Å². The molecule has 0 N–H and O–H groups in total. The molecule has 4 heterocycles. The summed E-state index contributed by atoms with van der Waals surface area (Å²) in [5, 5.41) is 13.3. The molecule has 134 valence electrons. The van der Waals surface area contributed by atoms with Gasteiger partial charge in [0.25, 0.3) is 0 Å². The standard InChI is InChI=1S/C20H17N5O2/c1-26-18-12-21-8-6-15(18)16-3-5-19-22-23-20(25(19)24-16)11-13-2-4-17-14(10-13)7-9-27-17/h2-6,8,10,12H,7,9,11H2,1H3. The average molecular weight is 359 g/mol. The van der Waals surface area contributed by atoms with Gasteiger partial charge in [-0.3, -0.25) is 4.98 Å². The van der Waals surface area contributed by atoms with E-state index in [0.717, 1.165) is 35.9 Å². The molecule has 1 aliphatic rings. The van der Waals surface area contributed by atoms with E-state index >= 15 is 0 Å². The first-order valence-electron chi connectivity index (χ1n) is 8.76. The lowest BCUT2D eigenvalue weighted by molar-refractivity contribution is 0.357. The van der Waals surface area contributed by atoms with Crippen molar-refractivity contribution < 1.29 is 9.47 Å². The van der Waals surface area contributed by atoms with Crippen molar-refractivity contribution in [3.63, 3.8) is 0 Å². The van der Waals surface area contributed by atoms with Crippen LogP contribution in [0.1, 0.15) is 17.0 Å². The summed E-state index contributed by atoms with van der Waals surface area (Å²) in [7, 11) is 1.63. The van der Waals surface area contributed by atoms with E-state index in [1.54, 1.807) is 24.0 Å². The van der Waals surface area contributed by atoms with Crippen molar-refractivity contribution >= 4 is 5.65 Å². The van der Waals surface area contributed by atoms with Crippen molar-refractivity contribution in [3.8, 4) is 22.8 Å². The molecule has 4 aromatic rings. The van der Waals surface area contributed by atoms with E-state index in [0.29, 0.717) is 17.8 Å². The second kappa shape index (κ2) is 6.35. The molecule has 0 atom stereocenters. The Morgan fingerprint density at radius 1 is 1.15 bits per heavy atom. The molecule has 1 aromatic carbocycles. The largest absolute Gasteiger partial charge is 0.494 e. The van der Waals surface area contributed by atoms with Crippen LogP contribution in [-0.2, 0) is 12.8 Å². The molecule has 0 bridgehead atoms. The van der Waals surface area contributed by atoms with Crippen LogP contribution in [0.25, 0.3) is 16.9 Å². The molecule has 0 fully saturated rings. The Labute approximate surface area is 155 Å². The van der Waals surface area contributed by atoms with Gasteiger partial charge in [-0.05, 0) is 35.4 Å². The molecule has 0 saturated heterocycles. The summed E-state index contributed by atoms with van der Waals surface area (Å²) in [4.78, 5) is 4.10. The zero-order valence-corrected chi connectivity index (χ0v) is 14.8. The third kappa shape index (κ3) is 2.77. The van der Waals surface area contributed by atoms with E-state index in [-0.39, 0.29) is 0 Å². The first kappa shape index (κ1) is 15.7. The zero-order valence-electron chi connectivity index (χ0n) is 14.8. The van der Waals surface area contributed by atoms with Gasteiger partial charge in [0.05, 0.1) is 25.6 Å².